The number of thiazole rings is 1. The van der Waals surface area contributed by atoms with Gasteiger partial charge in [0.25, 0.3) is 5.56 Å². The molecule has 0 atom stereocenters. The zero-order valence-electron chi connectivity index (χ0n) is 15.3. The number of rotatable bonds is 3. The first-order valence-electron chi connectivity index (χ1n) is 8.28. The second-order valence-electron chi connectivity index (χ2n) is 6.30. The molecule has 0 saturated heterocycles. The fraction of sp³-hybridized carbons (Fsp3) is 0.200. The van der Waals surface area contributed by atoms with Gasteiger partial charge in [0.05, 0.1) is 34.8 Å². The van der Waals surface area contributed by atoms with Crippen molar-refractivity contribution in [2.45, 2.75) is 13.8 Å². The van der Waals surface area contributed by atoms with Crippen molar-refractivity contribution in [3.8, 4) is 11.5 Å². The van der Waals surface area contributed by atoms with Crippen LogP contribution in [0, 0.1) is 13.8 Å². The van der Waals surface area contributed by atoms with Crippen molar-refractivity contribution in [2.24, 2.45) is 0 Å². The van der Waals surface area contributed by atoms with Crippen molar-refractivity contribution in [3.63, 3.8) is 0 Å². The third kappa shape index (κ3) is 2.85. The number of fused-ring (bicyclic) bond motifs is 3. The number of ether oxygens (including phenoxy) is 2. The van der Waals surface area contributed by atoms with Crippen LogP contribution < -0.4 is 19.6 Å². The zero-order chi connectivity index (χ0) is 19.3. The van der Waals surface area contributed by atoms with Gasteiger partial charge >= 0.3 is 0 Å². The van der Waals surface area contributed by atoms with Crippen LogP contribution in [0.25, 0.3) is 22.1 Å². The van der Waals surface area contributed by atoms with E-state index in [-0.39, 0.29) is 5.56 Å². The third-order valence-electron chi connectivity index (χ3n) is 4.64. The lowest BCUT2D eigenvalue weighted by Gasteiger charge is -2.09. The topological polar surface area (TPSA) is 52.8 Å². The van der Waals surface area contributed by atoms with E-state index in [1.165, 1.54) is 11.3 Å². The lowest BCUT2D eigenvalue weighted by atomic mass is 10.1. The van der Waals surface area contributed by atoms with Crippen LogP contribution in [0.15, 0.2) is 29.1 Å². The average Bonchev–Trinajstić information content (AvgIpc) is 3.13. The largest absolute Gasteiger partial charge is 0.493 e. The third-order valence-corrected chi connectivity index (χ3v) is 5.94. The predicted molar refractivity (Wildman–Crippen MR) is 110 cm³/mol. The molecule has 0 radical (unpaired) electrons. The Labute approximate surface area is 164 Å². The minimum atomic E-state index is -0.105. The van der Waals surface area contributed by atoms with E-state index in [1.807, 2.05) is 26.0 Å². The summed E-state index contributed by atoms with van der Waals surface area (Å²) < 4.78 is 12.8. The number of methoxy groups -OCH3 is 2. The zero-order valence-corrected chi connectivity index (χ0v) is 16.9. The van der Waals surface area contributed by atoms with Crippen LogP contribution >= 0.6 is 22.9 Å². The van der Waals surface area contributed by atoms with E-state index >= 15 is 0 Å². The maximum absolute atomic E-state index is 13.0. The van der Waals surface area contributed by atoms with Crippen LogP contribution in [0.3, 0.4) is 0 Å². The highest BCUT2D eigenvalue weighted by Crippen LogP contribution is 2.33. The van der Waals surface area contributed by atoms with Crippen molar-refractivity contribution in [1.29, 1.82) is 0 Å². The van der Waals surface area contributed by atoms with E-state index in [0.717, 1.165) is 22.2 Å². The molecular weight excluding hydrogens is 384 g/mol. The number of aromatic nitrogens is 2. The van der Waals surface area contributed by atoms with Gasteiger partial charge in [-0.05, 0) is 54.8 Å². The van der Waals surface area contributed by atoms with Gasteiger partial charge < -0.3 is 9.47 Å². The van der Waals surface area contributed by atoms with Crippen molar-refractivity contribution < 1.29 is 9.47 Å². The van der Waals surface area contributed by atoms with Crippen molar-refractivity contribution in [1.82, 2.24) is 9.38 Å². The standard InChI is InChI=1S/C20H17ClN2O3S/c1-10-5-14-15(6-11(10)2)23-19(24)18(27-20(23)22-14)8-12-7-16(25-3)17(26-4)9-13(12)21/h5-9H,1-4H3/b18-8-. The van der Waals surface area contributed by atoms with Crippen LogP contribution in [0.2, 0.25) is 5.02 Å². The van der Waals surface area contributed by atoms with Crippen molar-refractivity contribution in [3.05, 3.63) is 60.9 Å². The van der Waals surface area contributed by atoms with Gasteiger partial charge in [0.1, 0.15) is 0 Å². The first-order valence-corrected chi connectivity index (χ1v) is 9.48. The molecule has 0 saturated carbocycles. The second-order valence-corrected chi connectivity index (χ2v) is 7.72. The molecule has 0 aliphatic rings. The fourth-order valence-electron chi connectivity index (χ4n) is 3.04. The van der Waals surface area contributed by atoms with Crippen LogP contribution in [-0.4, -0.2) is 23.6 Å². The number of nitrogens with zero attached hydrogens (tertiary/aromatic N) is 2. The van der Waals surface area contributed by atoms with Gasteiger partial charge in [0.15, 0.2) is 16.5 Å². The molecule has 0 aliphatic carbocycles. The van der Waals surface area contributed by atoms with Gasteiger partial charge in [-0.2, -0.15) is 0 Å². The number of halogens is 1. The number of benzene rings is 2. The van der Waals surface area contributed by atoms with E-state index in [9.17, 15) is 4.79 Å². The SMILES string of the molecule is COc1cc(Cl)c(/C=c2\sc3nc4cc(C)c(C)cc4n3c2=O)cc1OC. The molecule has 0 fully saturated rings. The number of imidazole rings is 1. The lowest BCUT2D eigenvalue weighted by Crippen LogP contribution is -2.22. The molecule has 0 aliphatic heterocycles. The summed E-state index contributed by atoms with van der Waals surface area (Å²) in [4.78, 5) is 18.3. The molecule has 2 aromatic carbocycles. The summed E-state index contributed by atoms with van der Waals surface area (Å²) in [6, 6.07) is 7.45. The molecule has 0 unspecified atom stereocenters. The Kier molecular flexibility index (Phi) is 4.32. The highest BCUT2D eigenvalue weighted by molar-refractivity contribution is 7.15. The van der Waals surface area contributed by atoms with Gasteiger partial charge in [-0.3, -0.25) is 4.79 Å². The average molecular weight is 401 g/mol. The van der Waals surface area contributed by atoms with Crippen molar-refractivity contribution in [2.75, 3.05) is 14.2 Å². The van der Waals surface area contributed by atoms with Crippen LogP contribution in [-0.2, 0) is 0 Å². The molecule has 4 aromatic rings. The summed E-state index contributed by atoms with van der Waals surface area (Å²) in [5.74, 6) is 1.10. The molecule has 2 aromatic heterocycles. The van der Waals surface area contributed by atoms with Gasteiger partial charge in [0.2, 0.25) is 0 Å². The van der Waals surface area contributed by atoms with E-state index in [4.69, 9.17) is 21.1 Å². The Bertz CT molecular complexity index is 1310. The van der Waals surface area contributed by atoms with Crippen molar-refractivity contribution >= 4 is 45.0 Å². The minimum Gasteiger partial charge on any atom is -0.493 e. The molecule has 7 heteroatoms. The van der Waals surface area contributed by atoms with E-state index in [2.05, 4.69) is 4.98 Å². The van der Waals surface area contributed by atoms with E-state index in [1.54, 1.807) is 36.8 Å². The Morgan fingerprint density at radius 2 is 1.74 bits per heavy atom. The Balaban J connectivity index is 1.96. The summed E-state index contributed by atoms with van der Waals surface area (Å²) in [7, 11) is 3.11. The minimum absolute atomic E-state index is 0.105. The molecule has 0 N–H and O–H groups in total. The number of hydrogen-bond acceptors (Lipinski definition) is 5. The first kappa shape index (κ1) is 17.8. The van der Waals surface area contributed by atoms with Crippen LogP contribution in [0.1, 0.15) is 16.7 Å². The normalized spacial score (nSPS) is 12.3. The molecule has 4 rings (SSSR count). The smallest absolute Gasteiger partial charge is 0.274 e. The summed E-state index contributed by atoms with van der Waals surface area (Å²) in [5.41, 5.74) is 4.52. The van der Waals surface area contributed by atoms with Crippen LogP contribution in [0.5, 0.6) is 11.5 Å². The Hall–Kier alpha value is -2.57. The molecule has 0 bridgehead atoms. The molecule has 0 spiro atoms. The fourth-order valence-corrected chi connectivity index (χ4v) is 4.23. The maximum atomic E-state index is 13.0. The lowest BCUT2D eigenvalue weighted by molar-refractivity contribution is 0.355. The Morgan fingerprint density at radius 1 is 1.07 bits per heavy atom. The highest BCUT2D eigenvalue weighted by Gasteiger charge is 2.14. The summed E-state index contributed by atoms with van der Waals surface area (Å²) in [6.07, 6.45) is 1.76. The number of hydrogen-bond donors (Lipinski definition) is 0. The summed E-state index contributed by atoms with van der Waals surface area (Å²) in [5, 5.41) is 0.481. The van der Waals surface area contributed by atoms with Gasteiger partial charge in [-0.15, -0.1) is 0 Å². The molecule has 138 valence electrons. The number of aryl methyl sites for hydroxylation is 2. The predicted octanol–water partition coefficient (Wildman–Crippen LogP) is 3.74. The van der Waals surface area contributed by atoms with E-state index in [0.29, 0.717) is 31.6 Å². The quantitative estimate of drug-likeness (QED) is 0.525. The molecule has 2 heterocycles. The monoisotopic (exact) mass is 400 g/mol. The van der Waals surface area contributed by atoms with Gasteiger partial charge in [0, 0.05) is 6.07 Å². The molecular formula is C20H17ClN2O3S. The van der Waals surface area contributed by atoms with E-state index < -0.39 is 0 Å². The molecule has 27 heavy (non-hydrogen) atoms. The highest BCUT2D eigenvalue weighted by atomic mass is 35.5. The first-order chi connectivity index (χ1) is 12.9. The van der Waals surface area contributed by atoms with Crippen LogP contribution in [0.4, 0.5) is 0 Å². The second kappa shape index (κ2) is 6.55. The van der Waals surface area contributed by atoms with Gasteiger partial charge in [-0.1, -0.05) is 22.9 Å². The maximum Gasteiger partial charge on any atom is 0.274 e. The Morgan fingerprint density at radius 3 is 2.44 bits per heavy atom. The molecule has 5 nitrogen and oxygen atoms in total. The molecule has 0 amide bonds. The van der Waals surface area contributed by atoms with Gasteiger partial charge in [-0.25, -0.2) is 9.38 Å². The summed E-state index contributed by atoms with van der Waals surface area (Å²) in [6.45, 7) is 4.07. The summed E-state index contributed by atoms with van der Waals surface area (Å²) >= 11 is 7.70.